The number of aromatic carboxylic acids is 1. The van der Waals surface area contributed by atoms with Crippen molar-refractivity contribution in [3.05, 3.63) is 63.6 Å². The minimum Gasteiger partial charge on any atom is -0.478 e. The number of carboxylic acid groups (broad SMARTS) is 1. The molecule has 0 unspecified atom stereocenters. The highest BCUT2D eigenvalue weighted by atomic mass is 79.9. The van der Waals surface area contributed by atoms with E-state index in [2.05, 4.69) is 21.2 Å². The Bertz CT molecular complexity index is 645. The normalized spacial score (nSPS) is 10.1. The molecule has 0 aromatic heterocycles. The zero-order chi connectivity index (χ0) is 14.7. The Hall–Kier alpha value is -2.14. The van der Waals surface area contributed by atoms with Gasteiger partial charge in [0, 0.05) is 15.7 Å². The van der Waals surface area contributed by atoms with Crippen molar-refractivity contribution in [1.29, 1.82) is 0 Å². The van der Waals surface area contributed by atoms with E-state index in [-0.39, 0.29) is 11.5 Å². The molecule has 0 aliphatic rings. The third-order valence-corrected chi connectivity index (χ3v) is 3.15. The van der Waals surface area contributed by atoms with Crippen molar-refractivity contribution in [2.75, 3.05) is 5.32 Å². The number of carbonyl (C=O) groups excluding carboxylic acids is 1. The highest BCUT2D eigenvalue weighted by molar-refractivity contribution is 9.10. The van der Waals surface area contributed by atoms with Crippen LogP contribution in [0.1, 0.15) is 26.3 Å². The Morgan fingerprint density at radius 3 is 2.25 bits per heavy atom. The van der Waals surface area contributed by atoms with Crippen LogP contribution in [-0.4, -0.2) is 17.0 Å². The molecule has 0 aliphatic heterocycles. The van der Waals surface area contributed by atoms with Gasteiger partial charge in [0.05, 0.1) is 5.56 Å². The van der Waals surface area contributed by atoms with Gasteiger partial charge in [-0.3, -0.25) is 4.79 Å². The first-order chi connectivity index (χ1) is 9.45. The number of nitrogens with one attached hydrogen (secondary N) is 1. The fraction of sp³-hybridized carbons (Fsp3) is 0.0667. The van der Waals surface area contributed by atoms with Crippen LogP contribution in [0.25, 0.3) is 0 Å². The zero-order valence-electron chi connectivity index (χ0n) is 10.7. The maximum atomic E-state index is 12.1. The van der Waals surface area contributed by atoms with E-state index < -0.39 is 5.97 Å². The van der Waals surface area contributed by atoms with Gasteiger partial charge in [0.15, 0.2) is 0 Å². The lowest BCUT2D eigenvalue weighted by molar-refractivity contribution is 0.0696. The summed E-state index contributed by atoms with van der Waals surface area (Å²) in [6.07, 6.45) is 0. The summed E-state index contributed by atoms with van der Waals surface area (Å²) < 4.78 is 0.837. The van der Waals surface area contributed by atoms with Crippen LogP contribution in [0.2, 0.25) is 0 Å². The second-order valence-corrected chi connectivity index (χ2v) is 5.27. The fourth-order valence-corrected chi connectivity index (χ4v) is 2.37. The minimum atomic E-state index is -0.995. The number of aryl methyl sites for hydroxylation is 1. The molecule has 4 nitrogen and oxygen atoms in total. The molecule has 2 N–H and O–H groups in total. The first-order valence-corrected chi connectivity index (χ1v) is 6.67. The van der Waals surface area contributed by atoms with Crippen LogP contribution < -0.4 is 5.32 Å². The van der Waals surface area contributed by atoms with Crippen LogP contribution in [0.3, 0.4) is 0 Å². The average molecular weight is 334 g/mol. The number of hydrogen-bond donors (Lipinski definition) is 2. The third kappa shape index (κ3) is 3.45. The van der Waals surface area contributed by atoms with E-state index in [4.69, 9.17) is 5.11 Å². The largest absolute Gasteiger partial charge is 0.478 e. The molecular formula is C15H12BrNO3. The van der Waals surface area contributed by atoms with Crippen LogP contribution in [-0.2, 0) is 0 Å². The standard InChI is InChI=1S/C15H12BrNO3/c1-9-6-11(8-12(16)7-9)14(18)17-13-4-2-10(3-5-13)15(19)20/h2-8H,1H3,(H,17,18)(H,19,20). The summed E-state index contributed by atoms with van der Waals surface area (Å²) in [5.41, 5.74) is 2.25. The number of rotatable bonds is 3. The van der Waals surface area contributed by atoms with E-state index in [9.17, 15) is 9.59 Å². The van der Waals surface area contributed by atoms with Gasteiger partial charge in [0.2, 0.25) is 0 Å². The number of halogens is 1. The van der Waals surface area contributed by atoms with Crippen molar-refractivity contribution in [3.8, 4) is 0 Å². The van der Waals surface area contributed by atoms with E-state index in [1.165, 1.54) is 12.1 Å². The molecule has 1 amide bonds. The van der Waals surface area contributed by atoms with E-state index in [0.29, 0.717) is 11.3 Å². The van der Waals surface area contributed by atoms with Crippen LogP contribution in [0.15, 0.2) is 46.9 Å². The van der Waals surface area contributed by atoms with Crippen LogP contribution in [0.5, 0.6) is 0 Å². The first-order valence-electron chi connectivity index (χ1n) is 5.87. The van der Waals surface area contributed by atoms with Gasteiger partial charge in [-0.05, 0) is 55.0 Å². The van der Waals surface area contributed by atoms with Gasteiger partial charge in [-0.1, -0.05) is 15.9 Å². The maximum Gasteiger partial charge on any atom is 0.335 e. The van der Waals surface area contributed by atoms with E-state index in [1.54, 1.807) is 24.3 Å². The van der Waals surface area contributed by atoms with Crippen molar-refractivity contribution < 1.29 is 14.7 Å². The zero-order valence-corrected chi connectivity index (χ0v) is 12.3. The van der Waals surface area contributed by atoms with Gasteiger partial charge >= 0.3 is 5.97 Å². The lowest BCUT2D eigenvalue weighted by Gasteiger charge is -2.07. The number of carboxylic acids is 1. The van der Waals surface area contributed by atoms with Gasteiger partial charge in [-0.2, -0.15) is 0 Å². The quantitative estimate of drug-likeness (QED) is 0.899. The second kappa shape index (κ2) is 5.88. The first kappa shape index (κ1) is 14.3. The molecule has 2 aromatic rings. The van der Waals surface area contributed by atoms with Crippen LogP contribution in [0, 0.1) is 6.92 Å². The van der Waals surface area contributed by atoms with E-state index in [0.717, 1.165) is 10.0 Å². The number of benzene rings is 2. The van der Waals surface area contributed by atoms with Crippen LogP contribution in [0.4, 0.5) is 5.69 Å². The molecule has 0 saturated carbocycles. The Balaban J connectivity index is 2.16. The van der Waals surface area contributed by atoms with Crippen molar-refractivity contribution >= 4 is 33.5 Å². The molecule has 102 valence electrons. The molecule has 0 fully saturated rings. The maximum absolute atomic E-state index is 12.1. The summed E-state index contributed by atoms with van der Waals surface area (Å²) in [4.78, 5) is 22.8. The van der Waals surface area contributed by atoms with Crippen LogP contribution >= 0.6 is 15.9 Å². The highest BCUT2D eigenvalue weighted by Gasteiger charge is 2.08. The molecule has 0 aliphatic carbocycles. The Kier molecular flexibility index (Phi) is 4.20. The van der Waals surface area contributed by atoms with Crippen molar-refractivity contribution in [3.63, 3.8) is 0 Å². The molecule has 2 aromatic carbocycles. The average Bonchev–Trinajstić information content (AvgIpc) is 2.38. The van der Waals surface area contributed by atoms with Gasteiger partial charge in [0.25, 0.3) is 5.91 Å². The molecule has 5 heteroatoms. The molecule has 0 saturated heterocycles. The van der Waals surface area contributed by atoms with Crippen molar-refractivity contribution in [1.82, 2.24) is 0 Å². The van der Waals surface area contributed by atoms with Gasteiger partial charge in [-0.15, -0.1) is 0 Å². The summed E-state index contributed by atoms with van der Waals surface area (Å²) in [6.45, 7) is 1.91. The topological polar surface area (TPSA) is 66.4 Å². The summed E-state index contributed by atoms with van der Waals surface area (Å²) in [5.74, 6) is -1.23. The summed E-state index contributed by atoms with van der Waals surface area (Å²) >= 11 is 3.35. The minimum absolute atomic E-state index is 0.182. The van der Waals surface area contributed by atoms with Gasteiger partial charge in [-0.25, -0.2) is 4.79 Å². The van der Waals surface area contributed by atoms with E-state index >= 15 is 0 Å². The fourth-order valence-electron chi connectivity index (χ4n) is 1.77. The van der Waals surface area contributed by atoms with Gasteiger partial charge < -0.3 is 10.4 Å². The molecule has 2 rings (SSSR count). The highest BCUT2D eigenvalue weighted by Crippen LogP contribution is 2.17. The molecule has 0 spiro atoms. The summed E-state index contributed by atoms with van der Waals surface area (Å²) in [7, 11) is 0. The molecular weight excluding hydrogens is 322 g/mol. The molecule has 0 bridgehead atoms. The third-order valence-electron chi connectivity index (χ3n) is 2.69. The smallest absolute Gasteiger partial charge is 0.335 e. The molecule has 20 heavy (non-hydrogen) atoms. The Morgan fingerprint density at radius 2 is 1.70 bits per heavy atom. The molecule has 0 radical (unpaired) electrons. The van der Waals surface area contributed by atoms with Gasteiger partial charge in [0.1, 0.15) is 0 Å². The number of amides is 1. The van der Waals surface area contributed by atoms with Crippen molar-refractivity contribution in [2.45, 2.75) is 6.92 Å². The summed E-state index contributed by atoms with van der Waals surface area (Å²) in [5, 5.41) is 11.5. The SMILES string of the molecule is Cc1cc(Br)cc(C(=O)Nc2ccc(C(=O)O)cc2)c1. The lowest BCUT2D eigenvalue weighted by Crippen LogP contribution is -2.12. The Morgan fingerprint density at radius 1 is 1.05 bits per heavy atom. The molecule has 0 heterocycles. The predicted molar refractivity (Wildman–Crippen MR) is 80.2 cm³/mol. The summed E-state index contributed by atoms with van der Waals surface area (Å²) in [6, 6.07) is 11.4. The predicted octanol–water partition coefficient (Wildman–Crippen LogP) is 3.71. The number of anilines is 1. The second-order valence-electron chi connectivity index (χ2n) is 4.35. The molecule has 0 atom stereocenters. The van der Waals surface area contributed by atoms with E-state index in [1.807, 2.05) is 13.0 Å². The Labute approximate surface area is 124 Å². The number of carbonyl (C=O) groups is 2. The number of hydrogen-bond acceptors (Lipinski definition) is 2. The lowest BCUT2D eigenvalue weighted by atomic mass is 10.1. The monoisotopic (exact) mass is 333 g/mol. The van der Waals surface area contributed by atoms with Crippen molar-refractivity contribution in [2.24, 2.45) is 0 Å².